The fraction of sp³-hybridized carbons (Fsp3) is 0.500. The highest BCUT2D eigenvalue weighted by Gasteiger charge is 2.21. The van der Waals surface area contributed by atoms with Crippen molar-refractivity contribution >= 4 is 11.6 Å². The number of aliphatic hydroxyl groups is 1. The maximum absolute atomic E-state index is 9.39. The average molecular weight is 258 g/mol. The van der Waals surface area contributed by atoms with Crippen LogP contribution in [0.15, 0.2) is 12.1 Å². The fourth-order valence-electron chi connectivity index (χ4n) is 1.85. The summed E-state index contributed by atoms with van der Waals surface area (Å²) in [5, 5.41) is 13.2. The highest BCUT2D eigenvalue weighted by atomic mass is 35.5. The predicted octanol–water partition coefficient (Wildman–Crippen LogP) is 2.10. The number of hydrogen-bond donors (Lipinski definition) is 2. The van der Waals surface area contributed by atoms with Gasteiger partial charge in [0.1, 0.15) is 0 Å². The Morgan fingerprint density at radius 2 is 2.18 bits per heavy atom. The van der Waals surface area contributed by atoms with Gasteiger partial charge in [-0.25, -0.2) is 0 Å². The normalized spacial score (nSPS) is 15.4. The van der Waals surface area contributed by atoms with E-state index in [-0.39, 0.29) is 25.5 Å². The van der Waals surface area contributed by atoms with Crippen LogP contribution in [0.5, 0.6) is 11.5 Å². The van der Waals surface area contributed by atoms with Gasteiger partial charge in [0.05, 0.1) is 17.7 Å². The zero-order valence-electron chi connectivity index (χ0n) is 9.87. The maximum Gasteiger partial charge on any atom is 0.231 e. The molecule has 1 heterocycles. The standard InChI is InChI=1S/C12H16ClNO3/c1-7(2)14-10(5-15)8-3-9(13)12-11(4-8)16-6-17-12/h3-4,7,10,14-15H,5-6H2,1-2H3. The maximum atomic E-state index is 9.39. The summed E-state index contributed by atoms with van der Waals surface area (Å²) in [7, 11) is 0. The first-order valence-electron chi connectivity index (χ1n) is 5.57. The van der Waals surface area contributed by atoms with Crippen molar-refractivity contribution in [3.8, 4) is 11.5 Å². The van der Waals surface area contributed by atoms with E-state index in [1.54, 1.807) is 6.07 Å². The van der Waals surface area contributed by atoms with Crippen molar-refractivity contribution in [2.45, 2.75) is 25.9 Å². The SMILES string of the molecule is CC(C)NC(CO)c1cc(Cl)c2c(c1)OCO2. The van der Waals surface area contributed by atoms with Crippen molar-refractivity contribution in [1.82, 2.24) is 5.32 Å². The minimum absolute atomic E-state index is 0.00809. The third-order valence-corrected chi connectivity index (χ3v) is 2.85. The molecule has 2 N–H and O–H groups in total. The molecule has 1 aliphatic heterocycles. The van der Waals surface area contributed by atoms with Crippen LogP contribution in [0.2, 0.25) is 5.02 Å². The lowest BCUT2D eigenvalue weighted by Crippen LogP contribution is -2.30. The molecule has 0 radical (unpaired) electrons. The first kappa shape index (κ1) is 12.5. The lowest BCUT2D eigenvalue weighted by atomic mass is 10.1. The minimum atomic E-state index is -0.151. The molecule has 0 aliphatic carbocycles. The molecule has 0 fully saturated rings. The molecule has 5 heteroatoms. The van der Waals surface area contributed by atoms with Crippen LogP contribution in [0.3, 0.4) is 0 Å². The summed E-state index contributed by atoms with van der Waals surface area (Å²) in [6.07, 6.45) is 0. The Morgan fingerprint density at radius 1 is 1.41 bits per heavy atom. The number of benzene rings is 1. The Hall–Kier alpha value is -0.970. The first-order valence-corrected chi connectivity index (χ1v) is 5.95. The molecule has 0 aromatic heterocycles. The third kappa shape index (κ3) is 2.65. The number of ether oxygens (including phenoxy) is 2. The van der Waals surface area contributed by atoms with E-state index < -0.39 is 0 Å². The Labute approximate surface area is 105 Å². The second-order valence-corrected chi connectivity index (χ2v) is 4.70. The number of hydrogen-bond acceptors (Lipinski definition) is 4. The van der Waals surface area contributed by atoms with Crippen molar-refractivity contribution < 1.29 is 14.6 Å². The van der Waals surface area contributed by atoms with Gasteiger partial charge in [0.25, 0.3) is 0 Å². The zero-order chi connectivity index (χ0) is 12.4. The van der Waals surface area contributed by atoms with Crippen molar-refractivity contribution in [1.29, 1.82) is 0 Å². The molecule has 0 spiro atoms. The Morgan fingerprint density at radius 3 is 2.82 bits per heavy atom. The lowest BCUT2D eigenvalue weighted by molar-refractivity contribution is 0.174. The van der Waals surface area contributed by atoms with Gasteiger partial charge in [-0.15, -0.1) is 0 Å². The summed E-state index contributed by atoms with van der Waals surface area (Å²) in [5.74, 6) is 1.22. The topological polar surface area (TPSA) is 50.7 Å². The molecule has 1 unspecified atom stereocenters. The number of rotatable bonds is 4. The van der Waals surface area contributed by atoms with Gasteiger partial charge in [0, 0.05) is 6.04 Å². The van der Waals surface area contributed by atoms with Crippen molar-refractivity contribution in [3.63, 3.8) is 0 Å². The van der Waals surface area contributed by atoms with Crippen molar-refractivity contribution in [3.05, 3.63) is 22.7 Å². The smallest absolute Gasteiger partial charge is 0.231 e. The lowest BCUT2D eigenvalue weighted by Gasteiger charge is -2.20. The number of halogens is 1. The van der Waals surface area contributed by atoms with E-state index in [2.05, 4.69) is 5.32 Å². The first-order chi connectivity index (χ1) is 8.11. The fourth-order valence-corrected chi connectivity index (χ4v) is 2.12. The monoisotopic (exact) mass is 257 g/mol. The summed E-state index contributed by atoms with van der Waals surface area (Å²) in [6, 6.07) is 3.77. The van der Waals surface area contributed by atoms with Gasteiger partial charge >= 0.3 is 0 Å². The van der Waals surface area contributed by atoms with Gasteiger partial charge in [-0.3, -0.25) is 0 Å². The average Bonchev–Trinajstić information content (AvgIpc) is 2.74. The van der Waals surface area contributed by atoms with E-state index in [1.807, 2.05) is 19.9 Å². The van der Waals surface area contributed by atoms with Crippen LogP contribution in [-0.2, 0) is 0 Å². The zero-order valence-corrected chi connectivity index (χ0v) is 10.6. The number of fused-ring (bicyclic) bond motifs is 1. The van der Waals surface area contributed by atoms with Crippen LogP contribution < -0.4 is 14.8 Å². The Kier molecular flexibility index (Phi) is 3.76. The molecular weight excluding hydrogens is 242 g/mol. The van der Waals surface area contributed by atoms with Crippen LogP contribution in [0, 0.1) is 0 Å². The Balaban J connectivity index is 2.29. The molecule has 1 atom stereocenters. The molecule has 1 aromatic carbocycles. The van der Waals surface area contributed by atoms with Crippen LogP contribution in [0.25, 0.3) is 0 Å². The van der Waals surface area contributed by atoms with Crippen molar-refractivity contribution in [2.75, 3.05) is 13.4 Å². The molecule has 0 saturated carbocycles. The van der Waals surface area contributed by atoms with Gasteiger partial charge in [-0.05, 0) is 17.7 Å². The van der Waals surface area contributed by atoms with Crippen LogP contribution in [0.1, 0.15) is 25.5 Å². The van der Waals surface area contributed by atoms with Crippen LogP contribution in [-0.4, -0.2) is 24.5 Å². The molecule has 17 heavy (non-hydrogen) atoms. The van der Waals surface area contributed by atoms with E-state index in [0.717, 1.165) is 5.56 Å². The number of aliphatic hydroxyl groups excluding tert-OH is 1. The molecule has 94 valence electrons. The van der Waals surface area contributed by atoms with E-state index in [9.17, 15) is 5.11 Å². The molecule has 4 nitrogen and oxygen atoms in total. The number of nitrogens with one attached hydrogen (secondary N) is 1. The predicted molar refractivity (Wildman–Crippen MR) is 65.7 cm³/mol. The molecule has 0 amide bonds. The van der Waals surface area contributed by atoms with Crippen LogP contribution in [0.4, 0.5) is 0 Å². The highest BCUT2D eigenvalue weighted by molar-refractivity contribution is 6.32. The van der Waals surface area contributed by atoms with E-state index >= 15 is 0 Å². The highest BCUT2D eigenvalue weighted by Crippen LogP contribution is 2.41. The van der Waals surface area contributed by atoms with Gasteiger partial charge in [0.2, 0.25) is 6.79 Å². The molecule has 1 aliphatic rings. The van der Waals surface area contributed by atoms with Crippen molar-refractivity contribution in [2.24, 2.45) is 0 Å². The molecule has 0 saturated heterocycles. The quantitative estimate of drug-likeness (QED) is 0.867. The van der Waals surface area contributed by atoms with E-state index in [4.69, 9.17) is 21.1 Å². The molecule has 2 rings (SSSR count). The summed E-state index contributed by atoms with van der Waals surface area (Å²) >= 11 is 6.10. The minimum Gasteiger partial charge on any atom is -0.454 e. The van der Waals surface area contributed by atoms with Gasteiger partial charge < -0.3 is 19.9 Å². The summed E-state index contributed by atoms with van der Waals surface area (Å²) in [5.41, 5.74) is 0.899. The van der Waals surface area contributed by atoms with E-state index in [1.165, 1.54) is 0 Å². The molecular formula is C12H16ClNO3. The molecule has 1 aromatic rings. The summed E-state index contributed by atoms with van der Waals surface area (Å²) in [4.78, 5) is 0. The van der Waals surface area contributed by atoms with Crippen LogP contribution >= 0.6 is 11.6 Å². The summed E-state index contributed by atoms with van der Waals surface area (Å²) in [6.45, 7) is 4.25. The largest absolute Gasteiger partial charge is 0.454 e. The summed E-state index contributed by atoms with van der Waals surface area (Å²) < 4.78 is 10.5. The molecule has 0 bridgehead atoms. The van der Waals surface area contributed by atoms with E-state index in [0.29, 0.717) is 16.5 Å². The Bertz CT molecular complexity index is 409. The third-order valence-electron chi connectivity index (χ3n) is 2.57. The second-order valence-electron chi connectivity index (χ2n) is 4.29. The van der Waals surface area contributed by atoms with Gasteiger partial charge in [-0.1, -0.05) is 25.4 Å². The second kappa shape index (κ2) is 5.12. The van der Waals surface area contributed by atoms with Gasteiger partial charge in [-0.2, -0.15) is 0 Å². The van der Waals surface area contributed by atoms with Gasteiger partial charge in [0.15, 0.2) is 11.5 Å².